The van der Waals surface area contributed by atoms with E-state index in [2.05, 4.69) is 0 Å². The summed E-state index contributed by atoms with van der Waals surface area (Å²) in [6.07, 6.45) is 0. The summed E-state index contributed by atoms with van der Waals surface area (Å²) in [5, 5.41) is 1.99. The molecule has 0 N–H and O–H groups in total. The quantitative estimate of drug-likeness (QED) is 0.757. The average molecular weight is 217 g/mol. The summed E-state index contributed by atoms with van der Waals surface area (Å²) in [4.78, 5) is 12.7. The fourth-order valence-corrected chi connectivity index (χ4v) is 1.72. The third kappa shape index (κ3) is 1.76. The molecule has 2 aromatic carbocycles. The van der Waals surface area contributed by atoms with Crippen LogP contribution < -0.4 is 4.90 Å². The zero-order chi connectivity index (χ0) is 11.5. The van der Waals surface area contributed by atoms with Gasteiger partial charge in [-0.25, -0.2) is 4.39 Å². The monoisotopic (exact) mass is 217 g/mol. The normalized spacial score (nSPS) is 10.4. The van der Waals surface area contributed by atoms with E-state index in [4.69, 9.17) is 0 Å². The van der Waals surface area contributed by atoms with Crippen LogP contribution in [0, 0.1) is 0 Å². The molecular formula is C13H12FNO. The third-order valence-corrected chi connectivity index (χ3v) is 2.62. The first-order chi connectivity index (χ1) is 7.74. The molecule has 2 nitrogen and oxygen atoms in total. The van der Waals surface area contributed by atoms with Crippen LogP contribution in [-0.2, 0) is 4.79 Å². The molecule has 0 aromatic heterocycles. The van der Waals surface area contributed by atoms with Crippen molar-refractivity contribution in [1.82, 2.24) is 0 Å². The number of benzene rings is 2. The number of anilines is 1. The van der Waals surface area contributed by atoms with E-state index in [0.29, 0.717) is 0 Å². The van der Waals surface area contributed by atoms with Crippen molar-refractivity contribution in [3.8, 4) is 0 Å². The Kier molecular flexibility index (Phi) is 2.86. The minimum atomic E-state index is -0.972. The van der Waals surface area contributed by atoms with E-state index in [-0.39, 0.29) is 0 Å². The summed E-state index contributed by atoms with van der Waals surface area (Å²) in [5.41, 5.74) is 0.737. The van der Waals surface area contributed by atoms with Crippen LogP contribution in [0.15, 0.2) is 42.5 Å². The Labute approximate surface area is 93.3 Å². The lowest BCUT2D eigenvalue weighted by Gasteiger charge is -2.17. The van der Waals surface area contributed by atoms with E-state index >= 15 is 0 Å². The van der Waals surface area contributed by atoms with Crippen molar-refractivity contribution < 1.29 is 9.18 Å². The predicted molar refractivity (Wildman–Crippen MR) is 63.3 cm³/mol. The van der Waals surface area contributed by atoms with Crippen LogP contribution in [0.5, 0.6) is 0 Å². The Hall–Kier alpha value is -1.90. The summed E-state index contributed by atoms with van der Waals surface area (Å²) in [6, 6.07) is 13.4. The molecule has 2 aromatic rings. The van der Waals surface area contributed by atoms with Crippen LogP contribution in [0.25, 0.3) is 10.8 Å². The van der Waals surface area contributed by atoms with Crippen LogP contribution in [0.2, 0.25) is 0 Å². The van der Waals surface area contributed by atoms with Gasteiger partial charge in [0, 0.05) is 12.4 Å². The number of nitrogens with zero attached hydrogens (tertiary/aromatic N) is 1. The SMILES string of the molecule is CN(C(=O)CF)c1cccc2ccccc12. The van der Waals surface area contributed by atoms with Crippen LogP contribution in [-0.4, -0.2) is 19.6 Å². The van der Waals surface area contributed by atoms with E-state index in [1.54, 1.807) is 7.05 Å². The summed E-state index contributed by atoms with van der Waals surface area (Å²) < 4.78 is 12.3. The number of carbonyl (C=O) groups is 1. The maximum absolute atomic E-state index is 12.3. The van der Waals surface area contributed by atoms with Gasteiger partial charge in [-0.1, -0.05) is 36.4 Å². The first-order valence-electron chi connectivity index (χ1n) is 5.04. The third-order valence-electron chi connectivity index (χ3n) is 2.62. The first kappa shape index (κ1) is 10.6. The molecule has 0 bridgehead atoms. The van der Waals surface area contributed by atoms with Gasteiger partial charge in [0.25, 0.3) is 5.91 Å². The summed E-state index contributed by atoms with van der Waals surface area (Å²) in [7, 11) is 1.59. The number of fused-ring (bicyclic) bond motifs is 1. The van der Waals surface area contributed by atoms with Crippen LogP contribution >= 0.6 is 0 Å². The highest BCUT2D eigenvalue weighted by molar-refractivity contribution is 6.03. The number of hydrogen-bond donors (Lipinski definition) is 0. The highest BCUT2D eigenvalue weighted by Crippen LogP contribution is 2.25. The number of halogens is 1. The molecule has 0 heterocycles. The lowest BCUT2D eigenvalue weighted by molar-refractivity contribution is -0.119. The number of hydrogen-bond acceptors (Lipinski definition) is 1. The largest absolute Gasteiger partial charge is 0.313 e. The Bertz CT molecular complexity index is 519. The average Bonchev–Trinajstić information content (AvgIpc) is 2.36. The molecule has 0 fully saturated rings. The van der Waals surface area contributed by atoms with Gasteiger partial charge in [0.1, 0.15) is 0 Å². The minimum absolute atomic E-state index is 0.531. The lowest BCUT2D eigenvalue weighted by atomic mass is 10.1. The molecule has 0 unspecified atom stereocenters. The molecule has 2 rings (SSSR count). The molecule has 0 spiro atoms. The first-order valence-corrected chi connectivity index (χ1v) is 5.04. The standard InChI is InChI=1S/C13H12FNO/c1-15(13(16)9-14)12-8-4-6-10-5-2-3-7-11(10)12/h2-8H,9H2,1H3. The number of carbonyl (C=O) groups excluding carboxylic acids is 1. The molecule has 0 aliphatic rings. The molecule has 1 amide bonds. The molecule has 0 radical (unpaired) electrons. The predicted octanol–water partition coefficient (Wildman–Crippen LogP) is 2.77. The molecule has 3 heteroatoms. The lowest BCUT2D eigenvalue weighted by Crippen LogP contribution is -2.27. The van der Waals surface area contributed by atoms with Crippen LogP contribution in [0.4, 0.5) is 10.1 Å². The van der Waals surface area contributed by atoms with Crippen molar-refractivity contribution in [2.45, 2.75) is 0 Å². The summed E-state index contributed by atoms with van der Waals surface area (Å²) in [6.45, 7) is -0.972. The number of alkyl halides is 1. The zero-order valence-corrected chi connectivity index (χ0v) is 8.98. The van der Waals surface area contributed by atoms with Gasteiger partial charge in [0.2, 0.25) is 0 Å². The van der Waals surface area contributed by atoms with Crippen molar-refractivity contribution in [3.05, 3.63) is 42.5 Å². The molecular weight excluding hydrogens is 205 g/mol. The van der Waals surface area contributed by atoms with Gasteiger partial charge >= 0.3 is 0 Å². The van der Waals surface area contributed by atoms with E-state index < -0.39 is 12.6 Å². The van der Waals surface area contributed by atoms with Gasteiger partial charge in [0.15, 0.2) is 6.67 Å². The molecule has 0 atom stereocenters. The highest BCUT2D eigenvalue weighted by Gasteiger charge is 2.12. The Morgan fingerprint density at radius 1 is 1.19 bits per heavy atom. The van der Waals surface area contributed by atoms with E-state index in [0.717, 1.165) is 16.5 Å². The van der Waals surface area contributed by atoms with Gasteiger partial charge in [-0.05, 0) is 11.5 Å². The summed E-state index contributed by atoms with van der Waals surface area (Å²) in [5.74, 6) is -0.531. The molecule has 0 aliphatic heterocycles. The van der Waals surface area contributed by atoms with Gasteiger partial charge in [-0.3, -0.25) is 4.79 Å². The fourth-order valence-electron chi connectivity index (χ4n) is 1.72. The van der Waals surface area contributed by atoms with Crippen LogP contribution in [0.1, 0.15) is 0 Å². The molecule has 0 saturated carbocycles. The second-order valence-electron chi connectivity index (χ2n) is 3.58. The Morgan fingerprint density at radius 3 is 2.62 bits per heavy atom. The van der Waals surface area contributed by atoms with E-state index in [1.807, 2.05) is 42.5 Å². The zero-order valence-electron chi connectivity index (χ0n) is 8.98. The molecule has 0 aliphatic carbocycles. The second kappa shape index (κ2) is 4.31. The summed E-state index contributed by atoms with van der Waals surface area (Å²) >= 11 is 0. The van der Waals surface area contributed by atoms with Crippen molar-refractivity contribution >= 4 is 22.4 Å². The molecule has 0 saturated heterocycles. The Balaban J connectivity index is 2.56. The van der Waals surface area contributed by atoms with Gasteiger partial charge in [-0.15, -0.1) is 0 Å². The molecule has 82 valence electrons. The minimum Gasteiger partial charge on any atom is -0.313 e. The van der Waals surface area contributed by atoms with Crippen molar-refractivity contribution in [2.24, 2.45) is 0 Å². The second-order valence-corrected chi connectivity index (χ2v) is 3.58. The van der Waals surface area contributed by atoms with Gasteiger partial charge < -0.3 is 4.90 Å². The van der Waals surface area contributed by atoms with Gasteiger partial charge in [0.05, 0.1) is 5.69 Å². The smallest absolute Gasteiger partial charge is 0.258 e. The van der Waals surface area contributed by atoms with E-state index in [1.165, 1.54) is 4.90 Å². The van der Waals surface area contributed by atoms with Crippen molar-refractivity contribution in [2.75, 3.05) is 18.6 Å². The maximum atomic E-state index is 12.3. The van der Waals surface area contributed by atoms with Crippen molar-refractivity contribution in [1.29, 1.82) is 0 Å². The van der Waals surface area contributed by atoms with Gasteiger partial charge in [-0.2, -0.15) is 0 Å². The van der Waals surface area contributed by atoms with E-state index in [9.17, 15) is 9.18 Å². The highest BCUT2D eigenvalue weighted by atomic mass is 19.1. The fraction of sp³-hybridized carbons (Fsp3) is 0.154. The van der Waals surface area contributed by atoms with Crippen LogP contribution in [0.3, 0.4) is 0 Å². The molecule has 16 heavy (non-hydrogen) atoms. The number of rotatable bonds is 2. The maximum Gasteiger partial charge on any atom is 0.258 e. The number of amides is 1. The Morgan fingerprint density at radius 2 is 1.88 bits per heavy atom. The van der Waals surface area contributed by atoms with Crippen molar-refractivity contribution in [3.63, 3.8) is 0 Å². The topological polar surface area (TPSA) is 20.3 Å².